The highest BCUT2D eigenvalue weighted by Crippen LogP contribution is 2.23. The van der Waals surface area contributed by atoms with Crippen LogP contribution < -0.4 is 11.1 Å². The molecule has 0 amide bonds. The van der Waals surface area contributed by atoms with Crippen molar-refractivity contribution in [1.82, 2.24) is 9.97 Å². The first-order valence-corrected chi connectivity index (χ1v) is 5.16. The highest BCUT2D eigenvalue weighted by atomic mass is 16.6. The van der Waals surface area contributed by atoms with Crippen LogP contribution in [0.25, 0.3) is 0 Å². The lowest BCUT2D eigenvalue weighted by molar-refractivity contribution is -0.384. The molecule has 3 N–H and O–H groups in total. The molecule has 92 valence electrons. The summed E-state index contributed by atoms with van der Waals surface area (Å²) in [5, 5.41) is 13.6. The van der Waals surface area contributed by atoms with Gasteiger partial charge >= 0.3 is 5.69 Å². The molecule has 2 rings (SSSR count). The van der Waals surface area contributed by atoms with Gasteiger partial charge < -0.3 is 11.1 Å². The molecule has 0 radical (unpaired) electrons. The molecule has 0 bridgehead atoms. The topological polar surface area (TPSA) is 107 Å². The summed E-state index contributed by atoms with van der Waals surface area (Å²) in [6, 6.07) is 4.66. The van der Waals surface area contributed by atoms with Crippen molar-refractivity contribution in [2.75, 3.05) is 11.1 Å². The van der Waals surface area contributed by atoms with Crippen molar-refractivity contribution < 1.29 is 4.92 Å². The second-order valence-electron chi connectivity index (χ2n) is 3.67. The van der Waals surface area contributed by atoms with Gasteiger partial charge in [0.25, 0.3) is 0 Å². The quantitative estimate of drug-likeness (QED) is 0.632. The van der Waals surface area contributed by atoms with Gasteiger partial charge in [-0.2, -0.15) is 0 Å². The number of pyridine rings is 2. The van der Waals surface area contributed by atoms with E-state index in [9.17, 15) is 10.1 Å². The van der Waals surface area contributed by atoms with Gasteiger partial charge in [0.05, 0.1) is 16.8 Å². The molecular formula is C11H11N5O2. The lowest BCUT2D eigenvalue weighted by Gasteiger charge is -2.08. The van der Waals surface area contributed by atoms with Crippen molar-refractivity contribution in [3.63, 3.8) is 0 Å². The van der Waals surface area contributed by atoms with Crippen LogP contribution in [0.1, 0.15) is 5.56 Å². The smallest absolute Gasteiger partial charge is 0.311 e. The predicted molar refractivity (Wildman–Crippen MR) is 67.6 cm³/mol. The number of aryl methyl sites for hydroxylation is 1. The van der Waals surface area contributed by atoms with Crippen LogP contribution in [0.4, 0.5) is 23.0 Å². The average Bonchev–Trinajstić information content (AvgIpc) is 2.32. The van der Waals surface area contributed by atoms with Crippen molar-refractivity contribution in [3.8, 4) is 0 Å². The van der Waals surface area contributed by atoms with Gasteiger partial charge in [0.1, 0.15) is 5.82 Å². The van der Waals surface area contributed by atoms with Gasteiger partial charge in [-0.1, -0.05) is 0 Å². The summed E-state index contributed by atoms with van der Waals surface area (Å²) in [6.07, 6.45) is 3.33. The zero-order chi connectivity index (χ0) is 13.1. The Morgan fingerprint density at radius 2 is 2.17 bits per heavy atom. The molecule has 18 heavy (non-hydrogen) atoms. The Balaban J connectivity index is 2.29. The van der Waals surface area contributed by atoms with Crippen molar-refractivity contribution in [3.05, 3.63) is 46.3 Å². The van der Waals surface area contributed by atoms with Crippen LogP contribution in [0.15, 0.2) is 30.6 Å². The largest absolute Gasteiger partial charge is 0.378 e. The molecule has 0 aliphatic heterocycles. The minimum absolute atomic E-state index is 0.119. The van der Waals surface area contributed by atoms with Gasteiger partial charge in [0.2, 0.25) is 5.82 Å². The van der Waals surface area contributed by atoms with Gasteiger partial charge in [-0.15, -0.1) is 0 Å². The fourth-order valence-electron chi connectivity index (χ4n) is 1.42. The van der Waals surface area contributed by atoms with Gasteiger partial charge in [-0.25, -0.2) is 4.98 Å². The van der Waals surface area contributed by atoms with E-state index in [0.29, 0.717) is 5.82 Å². The first kappa shape index (κ1) is 11.8. The maximum absolute atomic E-state index is 10.6. The van der Waals surface area contributed by atoms with E-state index in [0.717, 1.165) is 11.3 Å². The second-order valence-corrected chi connectivity index (χ2v) is 3.67. The molecule has 7 nitrogen and oxygen atoms in total. The Morgan fingerprint density at radius 3 is 2.78 bits per heavy atom. The number of nitrogens with two attached hydrogens (primary N) is 1. The molecular weight excluding hydrogens is 234 g/mol. The molecule has 2 aromatic heterocycles. The van der Waals surface area contributed by atoms with Gasteiger partial charge in [0.15, 0.2) is 0 Å². The number of nitrogens with zero attached hydrogens (tertiary/aromatic N) is 3. The summed E-state index contributed by atoms with van der Waals surface area (Å²) in [6.45, 7) is 1.92. The second kappa shape index (κ2) is 4.66. The Kier molecular flexibility index (Phi) is 3.05. The van der Waals surface area contributed by atoms with Crippen LogP contribution in [-0.4, -0.2) is 14.9 Å². The molecule has 0 atom stereocenters. The van der Waals surface area contributed by atoms with Crippen LogP contribution in [0.3, 0.4) is 0 Å². The van der Waals surface area contributed by atoms with E-state index in [2.05, 4.69) is 15.3 Å². The Hall–Kier alpha value is -2.70. The monoisotopic (exact) mass is 245 g/mol. The summed E-state index contributed by atoms with van der Waals surface area (Å²) >= 11 is 0. The standard InChI is InChI=1S/C11H11N5O2/c1-7-4-5-13-6-8(7)14-10-3-2-9(16(17)18)11(12)15-10/h2-6H,1H3,(H3,12,14,15). The summed E-state index contributed by atoms with van der Waals surface area (Å²) in [4.78, 5) is 17.9. The van der Waals surface area contributed by atoms with E-state index in [1.807, 2.05) is 13.0 Å². The van der Waals surface area contributed by atoms with E-state index >= 15 is 0 Å². The number of nitro groups is 1. The van der Waals surface area contributed by atoms with E-state index in [1.54, 1.807) is 12.4 Å². The molecule has 0 unspecified atom stereocenters. The third-order valence-corrected chi connectivity index (χ3v) is 2.40. The average molecular weight is 245 g/mol. The molecule has 0 aromatic carbocycles. The van der Waals surface area contributed by atoms with Crippen LogP contribution >= 0.6 is 0 Å². The lowest BCUT2D eigenvalue weighted by Crippen LogP contribution is -2.02. The van der Waals surface area contributed by atoms with E-state index in [4.69, 9.17) is 5.73 Å². The summed E-state index contributed by atoms with van der Waals surface area (Å²) in [5.41, 5.74) is 7.07. The third kappa shape index (κ3) is 2.34. The van der Waals surface area contributed by atoms with Crippen LogP contribution in [0, 0.1) is 17.0 Å². The number of nitrogen functional groups attached to an aromatic ring is 1. The van der Waals surface area contributed by atoms with E-state index in [1.165, 1.54) is 12.1 Å². The zero-order valence-electron chi connectivity index (χ0n) is 9.62. The number of nitrogens with one attached hydrogen (secondary N) is 1. The minimum atomic E-state index is -0.568. The molecule has 0 aliphatic rings. The molecule has 7 heteroatoms. The normalized spacial score (nSPS) is 10.1. The number of hydrogen-bond donors (Lipinski definition) is 2. The fourth-order valence-corrected chi connectivity index (χ4v) is 1.42. The summed E-state index contributed by atoms with van der Waals surface area (Å²) < 4.78 is 0. The Labute approximate surface area is 103 Å². The van der Waals surface area contributed by atoms with Crippen LogP contribution in [-0.2, 0) is 0 Å². The van der Waals surface area contributed by atoms with E-state index < -0.39 is 4.92 Å². The molecule has 0 fully saturated rings. The zero-order valence-corrected chi connectivity index (χ0v) is 9.62. The maximum Gasteiger partial charge on any atom is 0.311 e. The number of hydrogen-bond acceptors (Lipinski definition) is 6. The number of anilines is 3. The highest BCUT2D eigenvalue weighted by Gasteiger charge is 2.13. The van der Waals surface area contributed by atoms with Crippen molar-refractivity contribution in [2.24, 2.45) is 0 Å². The fraction of sp³-hybridized carbons (Fsp3) is 0.0909. The maximum atomic E-state index is 10.6. The van der Waals surface area contributed by atoms with E-state index in [-0.39, 0.29) is 11.5 Å². The molecule has 0 aliphatic carbocycles. The van der Waals surface area contributed by atoms with Gasteiger partial charge in [-0.3, -0.25) is 15.1 Å². The minimum Gasteiger partial charge on any atom is -0.378 e. The number of aromatic nitrogens is 2. The first-order chi connectivity index (χ1) is 8.58. The Bertz CT molecular complexity index is 600. The van der Waals surface area contributed by atoms with Gasteiger partial charge in [-0.05, 0) is 24.6 Å². The SMILES string of the molecule is Cc1ccncc1Nc1ccc([N+](=O)[O-])c(N)n1. The van der Waals surface area contributed by atoms with Crippen molar-refractivity contribution in [2.45, 2.75) is 6.92 Å². The van der Waals surface area contributed by atoms with Crippen LogP contribution in [0.2, 0.25) is 0 Å². The molecule has 2 heterocycles. The third-order valence-electron chi connectivity index (χ3n) is 2.40. The molecule has 0 saturated carbocycles. The van der Waals surface area contributed by atoms with Crippen LogP contribution in [0.5, 0.6) is 0 Å². The Morgan fingerprint density at radius 1 is 1.39 bits per heavy atom. The number of rotatable bonds is 3. The highest BCUT2D eigenvalue weighted by molar-refractivity contribution is 5.63. The molecule has 0 saturated heterocycles. The first-order valence-electron chi connectivity index (χ1n) is 5.16. The van der Waals surface area contributed by atoms with Gasteiger partial charge in [0, 0.05) is 12.3 Å². The van der Waals surface area contributed by atoms with Crippen molar-refractivity contribution in [1.29, 1.82) is 0 Å². The summed E-state index contributed by atoms with van der Waals surface area (Å²) in [7, 11) is 0. The predicted octanol–water partition coefficient (Wildman–Crippen LogP) is 2.02. The summed E-state index contributed by atoms with van der Waals surface area (Å²) in [5.74, 6) is 0.320. The molecule has 2 aromatic rings. The van der Waals surface area contributed by atoms with Crippen molar-refractivity contribution >= 4 is 23.0 Å². The molecule has 0 spiro atoms. The lowest BCUT2D eigenvalue weighted by atomic mass is 10.2.